The van der Waals surface area contributed by atoms with Crippen LogP contribution in [0.25, 0.3) is 21.7 Å². The maximum absolute atomic E-state index is 13.0. The average Bonchev–Trinajstić information content (AvgIpc) is 3.44. The van der Waals surface area contributed by atoms with E-state index in [9.17, 15) is 4.79 Å². The van der Waals surface area contributed by atoms with Crippen molar-refractivity contribution in [1.82, 2.24) is 15.2 Å². The highest BCUT2D eigenvalue weighted by Gasteiger charge is 2.22. The Morgan fingerprint density at radius 3 is 2.61 bits per heavy atom. The van der Waals surface area contributed by atoms with Crippen LogP contribution < -0.4 is 10.1 Å². The molecule has 7 nitrogen and oxygen atoms in total. The number of amides is 1. The van der Waals surface area contributed by atoms with Crippen LogP contribution >= 0.6 is 11.3 Å². The minimum atomic E-state index is -0.411. The monoisotopic (exact) mass is 428 g/mol. The summed E-state index contributed by atoms with van der Waals surface area (Å²) in [5, 5.41) is 12.8. The molecule has 0 bridgehead atoms. The van der Waals surface area contributed by atoms with Crippen LogP contribution in [0.4, 0.5) is 5.13 Å². The topological polar surface area (TPSA) is 90.1 Å². The first-order valence-corrected chi connectivity index (χ1v) is 10.3. The number of hydrogen-bond acceptors (Lipinski definition) is 7. The molecule has 0 aliphatic rings. The molecule has 8 heteroatoms. The number of hydrogen-bond donors (Lipinski definition) is 1. The molecule has 31 heavy (non-hydrogen) atoms. The van der Waals surface area contributed by atoms with Gasteiger partial charge in [0.05, 0.1) is 0 Å². The van der Waals surface area contributed by atoms with Crippen molar-refractivity contribution in [3.05, 3.63) is 90.3 Å². The molecule has 0 unspecified atom stereocenters. The molecule has 0 saturated heterocycles. The number of furan rings is 1. The predicted molar refractivity (Wildman–Crippen MR) is 118 cm³/mol. The molecule has 1 amide bonds. The second kappa shape index (κ2) is 8.37. The Morgan fingerprint density at radius 2 is 1.77 bits per heavy atom. The number of carbonyl (C=O) groups is 1. The Hall–Kier alpha value is -4.04. The number of pyridine rings is 1. The average molecular weight is 428 g/mol. The van der Waals surface area contributed by atoms with E-state index in [1.807, 2.05) is 72.8 Å². The number of para-hydroxylation sites is 2. The number of nitrogens with zero attached hydrogens (tertiary/aromatic N) is 3. The summed E-state index contributed by atoms with van der Waals surface area (Å²) in [6, 6.07) is 22.5. The largest absolute Gasteiger partial charge is 0.489 e. The zero-order valence-corrected chi connectivity index (χ0v) is 17.0. The molecule has 0 aliphatic carbocycles. The highest BCUT2D eigenvalue weighted by atomic mass is 32.1. The lowest BCUT2D eigenvalue weighted by Gasteiger charge is -2.06. The van der Waals surface area contributed by atoms with E-state index in [0.717, 1.165) is 5.39 Å². The van der Waals surface area contributed by atoms with E-state index in [2.05, 4.69) is 20.5 Å². The number of nitrogens with one attached hydrogen (secondary N) is 1. The van der Waals surface area contributed by atoms with E-state index in [0.29, 0.717) is 32.7 Å². The van der Waals surface area contributed by atoms with Crippen molar-refractivity contribution in [1.29, 1.82) is 0 Å². The summed E-state index contributed by atoms with van der Waals surface area (Å²) in [5.41, 5.74) is 1.98. The van der Waals surface area contributed by atoms with Crippen LogP contribution in [0.2, 0.25) is 0 Å². The summed E-state index contributed by atoms with van der Waals surface area (Å²) in [7, 11) is 0. The second-order valence-electron chi connectivity index (χ2n) is 6.59. The van der Waals surface area contributed by atoms with Crippen molar-refractivity contribution in [2.24, 2.45) is 0 Å². The zero-order chi connectivity index (χ0) is 21.0. The Labute approximate surface area is 181 Å². The van der Waals surface area contributed by atoms with Gasteiger partial charge >= 0.3 is 0 Å². The van der Waals surface area contributed by atoms with Gasteiger partial charge in [-0.25, -0.2) is 0 Å². The third-order valence-electron chi connectivity index (χ3n) is 4.56. The van der Waals surface area contributed by atoms with Crippen molar-refractivity contribution >= 4 is 33.3 Å². The van der Waals surface area contributed by atoms with Crippen LogP contribution in [0.5, 0.6) is 5.75 Å². The Balaban J connectivity index is 1.41. The molecule has 2 aromatic carbocycles. The molecule has 5 aromatic rings. The number of fused-ring (bicyclic) bond motifs is 1. The number of benzene rings is 2. The maximum Gasteiger partial charge on any atom is 0.293 e. The van der Waals surface area contributed by atoms with E-state index in [-0.39, 0.29) is 12.4 Å². The van der Waals surface area contributed by atoms with Crippen LogP contribution in [-0.4, -0.2) is 21.1 Å². The Bertz CT molecular complexity index is 1330. The van der Waals surface area contributed by atoms with Crippen molar-refractivity contribution in [3.8, 4) is 16.5 Å². The standard InChI is InChI=1S/C23H16N4O3S/c28-21(25-23-27-26-22(31-23)18-11-6-7-13-24-18)20-17(14-29-15-8-2-1-3-9-15)16-10-4-5-12-19(16)30-20/h1-13H,14H2,(H,25,27,28). The molecule has 1 N–H and O–H groups in total. The van der Waals surface area contributed by atoms with Gasteiger partial charge in [-0.2, -0.15) is 0 Å². The molecule has 5 rings (SSSR count). The molecule has 0 saturated carbocycles. The highest BCUT2D eigenvalue weighted by molar-refractivity contribution is 7.18. The van der Waals surface area contributed by atoms with Crippen molar-refractivity contribution in [3.63, 3.8) is 0 Å². The Kier molecular flexibility index (Phi) is 5.12. The second-order valence-corrected chi connectivity index (χ2v) is 7.57. The fourth-order valence-electron chi connectivity index (χ4n) is 3.12. The van der Waals surface area contributed by atoms with Crippen molar-refractivity contribution in [2.45, 2.75) is 6.61 Å². The molecule has 3 heterocycles. The summed E-state index contributed by atoms with van der Waals surface area (Å²) >= 11 is 1.24. The van der Waals surface area contributed by atoms with E-state index in [4.69, 9.17) is 9.15 Å². The number of anilines is 1. The highest BCUT2D eigenvalue weighted by Crippen LogP contribution is 2.29. The molecule has 3 aromatic heterocycles. The lowest BCUT2D eigenvalue weighted by atomic mass is 10.1. The van der Waals surface area contributed by atoms with Crippen LogP contribution in [0.15, 0.2) is 83.4 Å². The summed E-state index contributed by atoms with van der Waals surface area (Å²) in [6.07, 6.45) is 1.68. The van der Waals surface area contributed by atoms with Gasteiger partial charge in [0, 0.05) is 17.1 Å². The van der Waals surface area contributed by atoms with Crippen molar-refractivity contribution < 1.29 is 13.9 Å². The molecular weight excluding hydrogens is 412 g/mol. The van der Waals surface area contributed by atoms with Gasteiger partial charge in [0.25, 0.3) is 5.91 Å². The lowest BCUT2D eigenvalue weighted by Crippen LogP contribution is -2.13. The SMILES string of the molecule is O=C(Nc1nnc(-c2ccccn2)s1)c1oc2ccccc2c1COc1ccccc1. The number of aromatic nitrogens is 3. The molecule has 0 atom stereocenters. The maximum atomic E-state index is 13.0. The molecule has 152 valence electrons. The van der Waals surface area contributed by atoms with Gasteiger partial charge in [-0.1, -0.05) is 53.8 Å². The fraction of sp³-hybridized carbons (Fsp3) is 0.0435. The molecule has 0 fully saturated rings. The summed E-state index contributed by atoms with van der Waals surface area (Å²) in [6.45, 7) is 0.194. The first-order valence-electron chi connectivity index (χ1n) is 9.52. The lowest BCUT2D eigenvalue weighted by molar-refractivity contribution is 0.0995. The van der Waals surface area contributed by atoms with Crippen molar-refractivity contribution in [2.75, 3.05) is 5.32 Å². The van der Waals surface area contributed by atoms with E-state index in [1.165, 1.54) is 11.3 Å². The molecule has 0 aliphatic heterocycles. The Morgan fingerprint density at radius 1 is 0.968 bits per heavy atom. The molecule has 0 radical (unpaired) electrons. The number of ether oxygens (including phenoxy) is 1. The predicted octanol–water partition coefficient (Wildman–Crippen LogP) is 5.18. The van der Waals surface area contributed by atoms with Gasteiger partial charge in [0.2, 0.25) is 5.13 Å². The molecular formula is C23H16N4O3S. The van der Waals surface area contributed by atoms with Gasteiger partial charge in [-0.05, 0) is 30.3 Å². The van der Waals surface area contributed by atoms with Gasteiger partial charge in [-0.15, -0.1) is 10.2 Å². The van der Waals surface area contributed by atoms with Gasteiger partial charge < -0.3 is 9.15 Å². The number of rotatable bonds is 6. The minimum Gasteiger partial charge on any atom is -0.489 e. The smallest absolute Gasteiger partial charge is 0.293 e. The van der Waals surface area contributed by atoms with Gasteiger partial charge in [0.15, 0.2) is 10.8 Å². The molecule has 0 spiro atoms. The first kappa shape index (κ1) is 19.0. The quantitative estimate of drug-likeness (QED) is 0.401. The summed E-state index contributed by atoms with van der Waals surface area (Å²) in [5.74, 6) is 0.488. The normalized spacial score (nSPS) is 10.8. The summed E-state index contributed by atoms with van der Waals surface area (Å²) < 4.78 is 11.8. The zero-order valence-electron chi connectivity index (χ0n) is 16.2. The number of carbonyl (C=O) groups excluding carboxylic acids is 1. The van der Waals surface area contributed by atoms with Gasteiger partial charge in [0.1, 0.15) is 23.6 Å². The van der Waals surface area contributed by atoms with E-state index >= 15 is 0 Å². The van der Waals surface area contributed by atoms with Crippen LogP contribution in [-0.2, 0) is 6.61 Å². The van der Waals surface area contributed by atoms with Crippen LogP contribution in [0.1, 0.15) is 16.1 Å². The van der Waals surface area contributed by atoms with E-state index in [1.54, 1.807) is 6.20 Å². The fourth-order valence-corrected chi connectivity index (χ4v) is 3.83. The minimum absolute atomic E-state index is 0.187. The third kappa shape index (κ3) is 4.01. The third-order valence-corrected chi connectivity index (χ3v) is 5.42. The van der Waals surface area contributed by atoms with Crippen LogP contribution in [0.3, 0.4) is 0 Å². The van der Waals surface area contributed by atoms with Gasteiger partial charge in [-0.3, -0.25) is 15.1 Å². The van der Waals surface area contributed by atoms with Crippen LogP contribution in [0, 0.1) is 0 Å². The summed E-state index contributed by atoms with van der Waals surface area (Å²) in [4.78, 5) is 17.3. The van der Waals surface area contributed by atoms with E-state index < -0.39 is 5.91 Å². The first-order chi connectivity index (χ1) is 15.3.